The highest BCUT2D eigenvalue weighted by Crippen LogP contribution is 2.35. The van der Waals surface area contributed by atoms with E-state index >= 15 is 0 Å². The van der Waals surface area contributed by atoms with Gasteiger partial charge in [0, 0.05) is 19.9 Å². The van der Waals surface area contributed by atoms with Crippen LogP contribution in [0.5, 0.6) is 5.75 Å². The standard InChI is InChI=1S/C26H27FN4O3/c1-18-16-30(17-28-18)22-11-5-19(15-23(22)34-4)6-12-24-29-25(32)26(2,31(24)13-14-33-3)20-7-9-21(27)10-8-20/h5-12,15-17H,13-14H2,1-4H3. The molecule has 7 nitrogen and oxygen atoms in total. The zero-order chi connectivity index (χ0) is 24.3. The summed E-state index contributed by atoms with van der Waals surface area (Å²) in [5.74, 6) is 0.544. The van der Waals surface area contributed by atoms with Crippen LogP contribution in [0.4, 0.5) is 4.39 Å². The fourth-order valence-corrected chi connectivity index (χ4v) is 4.05. The van der Waals surface area contributed by atoms with Gasteiger partial charge in [-0.25, -0.2) is 9.37 Å². The van der Waals surface area contributed by atoms with Crippen LogP contribution in [-0.4, -0.2) is 53.6 Å². The maximum absolute atomic E-state index is 13.5. The maximum Gasteiger partial charge on any atom is 0.277 e. The molecule has 1 atom stereocenters. The number of aromatic nitrogens is 2. The molecule has 3 aromatic rings. The molecule has 0 bridgehead atoms. The van der Waals surface area contributed by atoms with Gasteiger partial charge in [-0.2, -0.15) is 4.99 Å². The van der Waals surface area contributed by atoms with Crippen LogP contribution in [0, 0.1) is 12.7 Å². The molecule has 0 radical (unpaired) electrons. The molecule has 0 saturated heterocycles. The molecular formula is C26H27FN4O3. The third-order valence-corrected chi connectivity index (χ3v) is 5.99. The Morgan fingerprint density at radius 1 is 1.12 bits per heavy atom. The van der Waals surface area contributed by atoms with Gasteiger partial charge in [-0.15, -0.1) is 0 Å². The van der Waals surface area contributed by atoms with Crippen molar-refractivity contribution in [1.82, 2.24) is 14.5 Å². The van der Waals surface area contributed by atoms with E-state index in [1.165, 1.54) is 12.1 Å². The first-order valence-electron chi connectivity index (χ1n) is 10.9. The minimum atomic E-state index is -1.05. The lowest BCUT2D eigenvalue weighted by Crippen LogP contribution is -2.47. The van der Waals surface area contributed by atoms with Gasteiger partial charge < -0.3 is 18.9 Å². The Bertz CT molecular complexity index is 1250. The second-order valence-electron chi connectivity index (χ2n) is 8.19. The van der Waals surface area contributed by atoms with Crippen LogP contribution < -0.4 is 4.74 Å². The van der Waals surface area contributed by atoms with Crippen LogP contribution in [0.25, 0.3) is 11.8 Å². The summed E-state index contributed by atoms with van der Waals surface area (Å²) in [4.78, 5) is 23.5. The van der Waals surface area contributed by atoms with Crippen molar-refractivity contribution in [2.24, 2.45) is 4.99 Å². The molecule has 1 aliphatic heterocycles. The van der Waals surface area contributed by atoms with E-state index in [0.717, 1.165) is 16.9 Å². The van der Waals surface area contributed by atoms with Gasteiger partial charge in [0.05, 0.1) is 31.4 Å². The number of hydrogen-bond donors (Lipinski definition) is 0. The van der Waals surface area contributed by atoms with E-state index in [1.54, 1.807) is 45.7 Å². The van der Waals surface area contributed by atoms with E-state index < -0.39 is 5.54 Å². The Morgan fingerprint density at radius 3 is 2.53 bits per heavy atom. The number of benzene rings is 2. The smallest absolute Gasteiger partial charge is 0.277 e. The number of amides is 1. The average molecular weight is 463 g/mol. The number of carbonyl (C=O) groups excluding carboxylic acids is 1. The van der Waals surface area contributed by atoms with Crippen molar-refractivity contribution < 1.29 is 18.7 Å². The molecule has 34 heavy (non-hydrogen) atoms. The van der Waals surface area contributed by atoms with E-state index in [4.69, 9.17) is 9.47 Å². The maximum atomic E-state index is 13.5. The zero-order valence-corrected chi connectivity index (χ0v) is 19.7. The first kappa shape index (κ1) is 23.4. The van der Waals surface area contributed by atoms with Crippen molar-refractivity contribution in [3.05, 3.63) is 83.7 Å². The van der Waals surface area contributed by atoms with E-state index in [0.29, 0.717) is 30.3 Å². The van der Waals surface area contributed by atoms with Crippen molar-refractivity contribution in [2.75, 3.05) is 27.4 Å². The molecule has 1 unspecified atom stereocenters. The number of nitrogens with zero attached hydrogens (tertiary/aromatic N) is 4. The SMILES string of the molecule is COCCN1C(C=Cc2ccc(-n3cnc(C)c3)c(OC)c2)=NC(=O)C1(C)c1ccc(F)cc1. The summed E-state index contributed by atoms with van der Waals surface area (Å²) in [6, 6.07) is 11.8. The van der Waals surface area contributed by atoms with Crippen molar-refractivity contribution in [3.8, 4) is 11.4 Å². The Morgan fingerprint density at radius 2 is 1.88 bits per heavy atom. The fraction of sp³-hybridized carbons (Fsp3) is 0.269. The fourth-order valence-electron chi connectivity index (χ4n) is 4.05. The molecule has 0 aliphatic carbocycles. The molecule has 4 rings (SSSR count). The largest absolute Gasteiger partial charge is 0.495 e. The van der Waals surface area contributed by atoms with Gasteiger partial charge >= 0.3 is 0 Å². The lowest BCUT2D eigenvalue weighted by atomic mass is 9.90. The van der Waals surface area contributed by atoms with Crippen molar-refractivity contribution in [2.45, 2.75) is 19.4 Å². The highest BCUT2D eigenvalue weighted by atomic mass is 19.1. The molecule has 1 aliphatic rings. The topological polar surface area (TPSA) is 68.9 Å². The number of rotatable bonds is 8. The summed E-state index contributed by atoms with van der Waals surface area (Å²) in [6.45, 7) is 4.58. The van der Waals surface area contributed by atoms with E-state index in [9.17, 15) is 9.18 Å². The summed E-state index contributed by atoms with van der Waals surface area (Å²) < 4.78 is 26.3. The number of hydrogen-bond acceptors (Lipinski definition) is 5. The Hall–Kier alpha value is -3.78. The second kappa shape index (κ2) is 9.61. The van der Waals surface area contributed by atoms with Crippen LogP contribution >= 0.6 is 0 Å². The monoisotopic (exact) mass is 462 g/mol. The normalized spacial score (nSPS) is 18.1. The molecule has 0 N–H and O–H groups in total. The molecule has 0 fully saturated rings. The number of carbonyl (C=O) groups is 1. The number of aryl methyl sites for hydroxylation is 1. The number of imidazole rings is 1. The van der Waals surface area contributed by atoms with Crippen LogP contribution in [-0.2, 0) is 15.1 Å². The molecule has 1 amide bonds. The summed E-state index contributed by atoms with van der Waals surface area (Å²) >= 11 is 0. The molecule has 176 valence electrons. The molecule has 8 heteroatoms. The van der Waals surface area contributed by atoms with Gasteiger partial charge in [-0.3, -0.25) is 4.79 Å². The first-order chi connectivity index (χ1) is 16.4. The molecule has 0 saturated carbocycles. The lowest BCUT2D eigenvalue weighted by molar-refractivity contribution is -0.125. The van der Waals surface area contributed by atoms with Crippen molar-refractivity contribution in [1.29, 1.82) is 0 Å². The number of halogens is 1. The zero-order valence-electron chi connectivity index (χ0n) is 19.7. The van der Waals surface area contributed by atoms with Crippen LogP contribution in [0.15, 0.2) is 66.1 Å². The van der Waals surface area contributed by atoms with Crippen LogP contribution in [0.2, 0.25) is 0 Å². The number of ether oxygens (including phenoxy) is 2. The summed E-state index contributed by atoms with van der Waals surface area (Å²) in [5.41, 5.74) is 2.29. The van der Waals surface area contributed by atoms with E-state index in [1.807, 2.05) is 46.9 Å². The molecule has 2 heterocycles. The molecule has 0 spiro atoms. The quantitative estimate of drug-likeness (QED) is 0.503. The predicted octanol–water partition coefficient (Wildman–Crippen LogP) is 4.14. The minimum absolute atomic E-state index is 0.307. The number of aliphatic imine (C=N–C) groups is 1. The average Bonchev–Trinajstić information content (AvgIpc) is 3.37. The van der Waals surface area contributed by atoms with Gasteiger partial charge in [0.2, 0.25) is 0 Å². The number of methoxy groups -OCH3 is 2. The molecule has 1 aromatic heterocycles. The van der Waals surface area contributed by atoms with Gasteiger partial charge in [0.15, 0.2) is 0 Å². The Labute approximate surface area is 198 Å². The number of amidine groups is 1. The third kappa shape index (κ3) is 4.36. The lowest BCUT2D eigenvalue weighted by Gasteiger charge is -2.35. The summed E-state index contributed by atoms with van der Waals surface area (Å²) in [7, 11) is 3.23. The highest BCUT2D eigenvalue weighted by molar-refractivity contribution is 6.12. The van der Waals surface area contributed by atoms with E-state index in [2.05, 4.69) is 9.98 Å². The molecular weight excluding hydrogens is 435 g/mol. The Kier molecular flexibility index (Phi) is 6.61. The van der Waals surface area contributed by atoms with Gasteiger partial charge in [0.25, 0.3) is 5.91 Å². The predicted molar refractivity (Wildman–Crippen MR) is 129 cm³/mol. The van der Waals surface area contributed by atoms with Gasteiger partial charge in [-0.05, 0) is 55.3 Å². The summed E-state index contributed by atoms with van der Waals surface area (Å²) in [6.07, 6.45) is 7.35. The second-order valence-corrected chi connectivity index (χ2v) is 8.19. The summed E-state index contributed by atoms with van der Waals surface area (Å²) in [5, 5.41) is 0. The third-order valence-electron chi connectivity index (χ3n) is 5.99. The van der Waals surface area contributed by atoms with E-state index in [-0.39, 0.29) is 11.7 Å². The first-order valence-corrected chi connectivity index (χ1v) is 10.9. The molecule has 2 aromatic carbocycles. The highest BCUT2D eigenvalue weighted by Gasteiger charge is 2.46. The van der Waals surface area contributed by atoms with Crippen molar-refractivity contribution in [3.63, 3.8) is 0 Å². The van der Waals surface area contributed by atoms with Gasteiger partial charge in [0.1, 0.15) is 22.9 Å². The van der Waals surface area contributed by atoms with Crippen molar-refractivity contribution >= 4 is 17.8 Å². The van der Waals surface area contributed by atoms with Crippen LogP contribution in [0.1, 0.15) is 23.7 Å². The van der Waals surface area contributed by atoms with Gasteiger partial charge in [-0.1, -0.05) is 24.3 Å². The van der Waals surface area contributed by atoms with Crippen LogP contribution in [0.3, 0.4) is 0 Å². The minimum Gasteiger partial charge on any atom is -0.495 e. The Balaban J connectivity index is 1.64.